The molecule has 1 aliphatic heterocycles. The van der Waals surface area contributed by atoms with Crippen LogP contribution >= 0.6 is 0 Å². The lowest BCUT2D eigenvalue weighted by Crippen LogP contribution is -2.52. The Labute approximate surface area is 135 Å². The van der Waals surface area contributed by atoms with E-state index in [1.807, 2.05) is 0 Å². The molecule has 3 rings (SSSR count). The van der Waals surface area contributed by atoms with Crippen molar-refractivity contribution in [3.8, 4) is 5.75 Å². The van der Waals surface area contributed by atoms with Gasteiger partial charge in [0.15, 0.2) is 6.04 Å². The Balaban J connectivity index is 1.67. The van der Waals surface area contributed by atoms with Crippen LogP contribution in [0.5, 0.6) is 5.75 Å². The molecule has 6 heteroatoms. The number of amides is 1. The topological polar surface area (TPSA) is 76.1 Å². The summed E-state index contributed by atoms with van der Waals surface area (Å²) in [5.74, 6) is -0.572. The SMILES string of the molecule is O=C(O)[C@@H]1COCCN1C(=O)c1ccc(OC2CCCC2)cc1. The van der Waals surface area contributed by atoms with Gasteiger partial charge in [0.1, 0.15) is 5.75 Å². The Morgan fingerprint density at radius 1 is 1.17 bits per heavy atom. The second-order valence-corrected chi connectivity index (χ2v) is 5.98. The molecule has 1 saturated heterocycles. The number of hydrogen-bond acceptors (Lipinski definition) is 4. The lowest BCUT2D eigenvalue weighted by atomic mass is 10.1. The fourth-order valence-electron chi connectivity index (χ4n) is 3.09. The molecule has 0 bridgehead atoms. The van der Waals surface area contributed by atoms with Gasteiger partial charge in [-0.3, -0.25) is 4.79 Å². The first kappa shape index (κ1) is 15.8. The van der Waals surface area contributed by atoms with E-state index in [1.54, 1.807) is 24.3 Å². The van der Waals surface area contributed by atoms with Crippen LogP contribution in [0.1, 0.15) is 36.0 Å². The van der Waals surface area contributed by atoms with Gasteiger partial charge in [0.2, 0.25) is 0 Å². The van der Waals surface area contributed by atoms with Gasteiger partial charge in [-0.1, -0.05) is 0 Å². The van der Waals surface area contributed by atoms with Crippen molar-refractivity contribution >= 4 is 11.9 Å². The summed E-state index contributed by atoms with van der Waals surface area (Å²) < 4.78 is 11.0. The first-order valence-corrected chi connectivity index (χ1v) is 8.03. The monoisotopic (exact) mass is 319 g/mol. The van der Waals surface area contributed by atoms with Gasteiger partial charge in [0.05, 0.1) is 19.3 Å². The molecule has 0 spiro atoms. The minimum Gasteiger partial charge on any atom is -0.490 e. The van der Waals surface area contributed by atoms with Gasteiger partial charge < -0.3 is 19.5 Å². The van der Waals surface area contributed by atoms with E-state index in [0.29, 0.717) is 12.2 Å². The Morgan fingerprint density at radius 3 is 2.52 bits per heavy atom. The van der Waals surface area contributed by atoms with Crippen LogP contribution in [0.15, 0.2) is 24.3 Å². The van der Waals surface area contributed by atoms with Crippen LogP contribution in [-0.4, -0.2) is 53.8 Å². The van der Waals surface area contributed by atoms with Gasteiger partial charge in [-0.05, 0) is 49.9 Å². The Bertz CT molecular complexity index is 565. The fourth-order valence-corrected chi connectivity index (χ4v) is 3.09. The maximum Gasteiger partial charge on any atom is 0.328 e. The third-order valence-corrected chi connectivity index (χ3v) is 4.38. The molecule has 6 nitrogen and oxygen atoms in total. The second kappa shape index (κ2) is 7.00. The third kappa shape index (κ3) is 3.64. The van der Waals surface area contributed by atoms with Crippen molar-refractivity contribution in [1.82, 2.24) is 4.90 Å². The zero-order valence-corrected chi connectivity index (χ0v) is 12.9. The predicted octanol–water partition coefficient (Wildman–Crippen LogP) is 1.93. The Kier molecular flexibility index (Phi) is 4.81. The summed E-state index contributed by atoms with van der Waals surface area (Å²) in [6, 6.07) is 6.02. The molecule has 124 valence electrons. The maximum atomic E-state index is 12.5. The van der Waals surface area contributed by atoms with Gasteiger partial charge in [0, 0.05) is 12.1 Å². The average molecular weight is 319 g/mol. The van der Waals surface area contributed by atoms with Crippen LogP contribution in [-0.2, 0) is 9.53 Å². The molecule has 1 aromatic rings. The van der Waals surface area contributed by atoms with Crippen LogP contribution in [0.4, 0.5) is 0 Å². The quantitative estimate of drug-likeness (QED) is 0.918. The molecule has 1 atom stereocenters. The van der Waals surface area contributed by atoms with Crippen molar-refractivity contribution in [2.24, 2.45) is 0 Å². The van der Waals surface area contributed by atoms with Crippen LogP contribution in [0.3, 0.4) is 0 Å². The lowest BCUT2D eigenvalue weighted by molar-refractivity contribution is -0.147. The standard InChI is InChI=1S/C17H21NO5/c19-16(18-9-10-22-11-15(18)17(20)21)12-5-7-14(8-6-12)23-13-3-1-2-4-13/h5-8,13,15H,1-4,9-11H2,(H,20,21)/t15-/m0/s1. The Hall–Kier alpha value is -2.08. The fraction of sp³-hybridized carbons (Fsp3) is 0.529. The average Bonchev–Trinajstić information content (AvgIpc) is 3.08. The molecule has 2 aliphatic rings. The normalized spacial score (nSPS) is 22.1. The molecule has 1 heterocycles. The molecular formula is C17H21NO5. The van der Waals surface area contributed by atoms with Gasteiger partial charge >= 0.3 is 5.97 Å². The third-order valence-electron chi connectivity index (χ3n) is 4.38. The molecule has 1 N–H and O–H groups in total. The number of hydrogen-bond donors (Lipinski definition) is 1. The van der Waals surface area contributed by atoms with Crippen molar-refractivity contribution in [1.29, 1.82) is 0 Å². The zero-order valence-electron chi connectivity index (χ0n) is 12.9. The number of benzene rings is 1. The van der Waals surface area contributed by atoms with E-state index in [9.17, 15) is 14.7 Å². The largest absolute Gasteiger partial charge is 0.490 e. The van der Waals surface area contributed by atoms with Crippen molar-refractivity contribution in [2.45, 2.75) is 37.8 Å². The van der Waals surface area contributed by atoms with E-state index in [4.69, 9.17) is 9.47 Å². The summed E-state index contributed by atoms with van der Waals surface area (Å²) >= 11 is 0. The predicted molar refractivity (Wildman–Crippen MR) is 82.6 cm³/mol. The molecule has 0 radical (unpaired) electrons. The highest BCUT2D eigenvalue weighted by Gasteiger charge is 2.33. The number of morpholine rings is 1. The summed E-state index contributed by atoms with van der Waals surface area (Å²) in [4.78, 5) is 25.2. The molecule has 1 aromatic carbocycles. The van der Waals surface area contributed by atoms with E-state index >= 15 is 0 Å². The van der Waals surface area contributed by atoms with Crippen LogP contribution in [0, 0.1) is 0 Å². The van der Waals surface area contributed by atoms with Crippen molar-refractivity contribution in [3.63, 3.8) is 0 Å². The smallest absolute Gasteiger partial charge is 0.328 e. The van der Waals surface area contributed by atoms with Gasteiger partial charge in [-0.15, -0.1) is 0 Å². The number of carbonyl (C=O) groups excluding carboxylic acids is 1. The van der Waals surface area contributed by atoms with Gasteiger partial charge in [0.25, 0.3) is 5.91 Å². The highest BCUT2D eigenvalue weighted by molar-refractivity contribution is 5.96. The van der Waals surface area contributed by atoms with Crippen molar-refractivity contribution in [3.05, 3.63) is 29.8 Å². The van der Waals surface area contributed by atoms with Crippen molar-refractivity contribution < 1.29 is 24.2 Å². The number of aliphatic carboxylic acids is 1. The molecule has 1 amide bonds. The summed E-state index contributed by atoms with van der Waals surface area (Å²) in [7, 11) is 0. The summed E-state index contributed by atoms with van der Waals surface area (Å²) in [5.41, 5.74) is 0.469. The maximum absolute atomic E-state index is 12.5. The number of carbonyl (C=O) groups is 2. The summed E-state index contributed by atoms with van der Waals surface area (Å²) in [5, 5.41) is 9.21. The molecule has 0 aromatic heterocycles. The lowest BCUT2D eigenvalue weighted by Gasteiger charge is -2.32. The number of nitrogens with zero attached hydrogens (tertiary/aromatic N) is 1. The molecule has 1 aliphatic carbocycles. The van der Waals surface area contributed by atoms with E-state index < -0.39 is 12.0 Å². The van der Waals surface area contributed by atoms with E-state index in [0.717, 1.165) is 18.6 Å². The summed E-state index contributed by atoms with van der Waals surface area (Å²) in [6.45, 7) is 0.679. The minimum atomic E-state index is -1.04. The van der Waals surface area contributed by atoms with Crippen LogP contribution < -0.4 is 4.74 Å². The highest BCUT2D eigenvalue weighted by atomic mass is 16.5. The van der Waals surface area contributed by atoms with Crippen molar-refractivity contribution in [2.75, 3.05) is 19.8 Å². The highest BCUT2D eigenvalue weighted by Crippen LogP contribution is 2.24. The number of ether oxygens (including phenoxy) is 2. The number of rotatable bonds is 4. The molecule has 23 heavy (non-hydrogen) atoms. The summed E-state index contributed by atoms with van der Waals surface area (Å²) in [6.07, 6.45) is 4.83. The zero-order chi connectivity index (χ0) is 16.2. The van der Waals surface area contributed by atoms with Gasteiger partial charge in [-0.2, -0.15) is 0 Å². The first-order valence-electron chi connectivity index (χ1n) is 8.03. The van der Waals surface area contributed by atoms with Crippen LogP contribution in [0.2, 0.25) is 0 Å². The van der Waals surface area contributed by atoms with Gasteiger partial charge in [-0.25, -0.2) is 4.79 Å². The minimum absolute atomic E-state index is 0.0317. The molecule has 0 unspecified atom stereocenters. The number of carboxylic acid groups (broad SMARTS) is 1. The number of carboxylic acids is 1. The van der Waals surface area contributed by atoms with Crippen LogP contribution in [0.25, 0.3) is 0 Å². The molecule has 2 fully saturated rings. The first-order chi connectivity index (χ1) is 11.1. The van der Waals surface area contributed by atoms with E-state index in [2.05, 4.69) is 0 Å². The second-order valence-electron chi connectivity index (χ2n) is 5.98. The molecule has 1 saturated carbocycles. The van der Waals surface area contributed by atoms with E-state index in [1.165, 1.54) is 17.7 Å². The molecular weight excluding hydrogens is 298 g/mol. The Morgan fingerprint density at radius 2 is 1.87 bits per heavy atom. The van der Waals surface area contributed by atoms with E-state index in [-0.39, 0.29) is 25.2 Å².